The molecule has 0 radical (unpaired) electrons. The van der Waals surface area contributed by atoms with E-state index in [-0.39, 0.29) is 29.9 Å². The van der Waals surface area contributed by atoms with Crippen molar-refractivity contribution in [3.8, 4) is 5.75 Å². The minimum Gasteiger partial charge on any atom is -0.494 e. The summed E-state index contributed by atoms with van der Waals surface area (Å²) < 4.78 is 10.4. The number of benzene rings is 1. The fourth-order valence-electron chi connectivity index (χ4n) is 3.87. The predicted molar refractivity (Wildman–Crippen MR) is 94.4 cm³/mol. The van der Waals surface area contributed by atoms with Crippen LogP contribution in [-0.2, 0) is 19.1 Å². The van der Waals surface area contributed by atoms with E-state index in [9.17, 15) is 14.4 Å². The third-order valence-electron chi connectivity index (χ3n) is 5.02. The number of amides is 1. The summed E-state index contributed by atoms with van der Waals surface area (Å²) in [4.78, 5) is 37.5. The summed E-state index contributed by atoms with van der Waals surface area (Å²) in [7, 11) is 1.29. The van der Waals surface area contributed by atoms with E-state index >= 15 is 0 Å². The maximum Gasteiger partial charge on any atom is 0.316 e. The molecule has 0 saturated heterocycles. The molecule has 6 heteroatoms. The minimum atomic E-state index is -0.827. The fraction of sp³-hybridized carbons (Fsp3) is 0.450. The van der Waals surface area contributed by atoms with Crippen molar-refractivity contribution in [2.24, 2.45) is 11.8 Å². The molecular formula is C20H23NO5. The molecule has 1 N–H and O–H groups in total. The number of carbonyl (C=O) groups excluding carboxylic acids is 3. The third-order valence-corrected chi connectivity index (χ3v) is 5.02. The van der Waals surface area contributed by atoms with Crippen molar-refractivity contribution in [3.05, 3.63) is 41.1 Å². The molecule has 0 bridgehead atoms. The molecule has 6 nitrogen and oxygen atoms in total. The summed E-state index contributed by atoms with van der Waals surface area (Å²) in [5.74, 6) is -1.63. The van der Waals surface area contributed by atoms with Crippen molar-refractivity contribution in [2.75, 3.05) is 13.7 Å². The fourth-order valence-corrected chi connectivity index (χ4v) is 3.87. The second-order valence-corrected chi connectivity index (χ2v) is 6.75. The number of ether oxygens (including phenoxy) is 2. The van der Waals surface area contributed by atoms with E-state index in [0.717, 1.165) is 5.56 Å². The summed E-state index contributed by atoms with van der Waals surface area (Å²) in [6.07, 6.45) is 0.636. The number of methoxy groups -OCH3 is 1. The summed E-state index contributed by atoms with van der Waals surface area (Å²) >= 11 is 0. The molecule has 1 aliphatic carbocycles. The van der Waals surface area contributed by atoms with Gasteiger partial charge in [-0.1, -0.05) is 19.1 Å². The lowest BCUT2D eigenvalue weighted by Gasteiger charge is -2.36. The number of Topliss-reactive ketones (excluding diaryl/α,β-unsaturated/α-hetero) is 1. The van der Waals surface area contributed by atoms with E-state index in [1.54, 1.807) is 0 Å². The average molecular weight is 357 g/mol. The van der Waals surface area contributed by atoms with Gasteiger partial charge >= 0.3 is 5.97 Å². The van der Waals surface area contributed by atoms with Gasteiger partial charge in [-0.25, -0.2) is 0 Å². The lowest BCUT2D eigenvalue weighted by atomic mass is 9.70. The summed E-state index contributed by atoms with van der Waals surface area (Å²) in [6, 6.07) is 7.43. The number of ketones is 1. The lowest BCUT2D eigenvalue weighted by molar-refractivity contribution is -0.151. The van der Waals surface area contributed by atoms with E-state index in [1.807, 2.05) is 38.1 Å². The van der Waals surface area contributed by atoms with Gasteiger partial charge in [-0.05, 0) is 37.0 Å². The molecule has 1 aliphatic heterocycles. The van der Waals surface area contributed by atoms with Gasteiger partial charge in [-0.15, -0.1) is 0 Å². The van der Waals surface area contributed by atoms with E-state index < -0.39 is 11.9 Å². The molecule has 0 unspecified atom stereocenters. The zero-order chi connectivity index (χ0) is 18.8. The van der Waals surface area contributed by atoms with Gasteiger partial charge in [0.1, 0.15) is 11.7 Å². The van der Waals surface area contributed by atoms with Gasteiger partial charge < -0.3 is 14.8 Å². The third kappa shape index (κ3) is 3.23. The first-order chi connectivity index (χ1) is 12.5. The number of rotatable bonds is 4. The van der Waals surface area contributed by atoms with Gasteiger partial charge in [-0.2, -0.15) is 0 Å². The summed E-state index contributed by atoms with van der Waals surface area (Å²) in [6.45, 7) is 4.26. The normalized spacial score (nSPS) is 25.4. The quantitative estimate of drug-likeness (QED) is 0.661. The number of allylic oxidation sites excluding steroid dienone is 2. The van der Waals surface area contributed by atoms with Gasteiger partial charge in [0.2, 0.25) is 5.91 Å². The zero-order valence-corrected chi connectivity index (χ0v) is 15.2. The van der Waals surface area contributed by atoms with Gasteiger partial charge in [0.05, 0.1) is 13.7 Å². The van der Waals surface area contributed by atoms with Crippen LogP contribution in [0.15, 0.2) is 35.5 Å². The zero-order valence-electron chi connectivity index (χ0n) is 15.2. The van der Waals surface area contributed by atoms with Crippen LogP contribution in [0.3, 0.4) is 0 Å². The van der Waals surface area contributed by atoms with E-state index in [4.69, 9.17) is 9.47 Å². The van der Waals surface area contributed by atoms with Crippen LogP contribution in [0.1, 0.15) is 38.2 Å². The first-order valence-corrected chi connectivity index (χ1v) is 8.84. The highest BCUT2D eigenvalue weighted by Gasteiger charge is 2.45. The van der Waals surface area contributed by atoms with Crippen molar-refractivity contribution < 1.29 is 23.9 Å². The smallest absolute Gasteiger partial charge is 0.316 e. The van der Waals surface area contributed by atoms with Gasteiger partial charge in [0.25, 0.3) is 0 Å². The number of carbonyl (C=O) groups is 3. The Hall–Kier alpha value is -2.63. The Morgan fingerprint density at radius 2 is 2.04 bits per heavy atom. The number of hydrogen-bond donors (Lipinski definition) is 1. The SMILES string of the molecule is CCOc1cccc([C@@H]2CC(=O)NC3=C2C(=O)[C@@H](C(=O)OC)[C@@H](C)C3)c1. The molecular weight excluding hydrogens is 334 g/mol. The monoisotopic (exact) mass is 357 g/mol. The number of nitrogens with one attached hydrogen (secondary N) is 1. The van der Waals surface area contributed by atoms with Gasteiger partial charge in [0, 0.05) is 23.6 Å². The van der Waals surface area contributed by atoms with Crippen LogP contribution in [0, 0.1) is 11.8 Å². The molecule has 0 spiro atoms. The Morgan fingerprint density at radius 3 is 2.73 bits per heavy atom. The van der Waals surface area contributed by atoms with E-state index in [2.05, 4.69) is 5.32 Å². The predicted octanol–water partition coefficient (Wildman–Crippen LogP) is 2.34. The molecule has 1 aromatic carbocycles. The van der Waals surface area contributed by atoms with E-state index in [0.29, 0.717) is 30.0 Å². The maximum atomic E-state index is 13.1. The standard InChI is InChI=1S/C20H23NO5/c1-4-26-13-7-5-6-12(9-13)14-10-16(22)21-15-8-11(2)17(20(24)25-3)19(23)18(14)15/h5-7,9,11,14,17H,4,8,10H2,1-3H3,(H,21,22)/t11-,14-,17-/m0/s1. The highest BCUT2D eigenvalue weighted by molar-refractivity contribution is 6.11. The van der Waals surface area contributed by atoms with Crippen LogP contribution in [-0.4, -0.2) is 31.4 Å². The van der Waals surface area contributed by atoms with Crippen LogP contribution in [0.5, 0.6) is 5.75 Å². The molecule has 0 fully saturated rings. The van der Waals surface area contributed by atoms with Crippen molar-refractivity contribution in [3.63, 3.8) is 0 Å². The van der Waals surface area contributed by atoms with Crippen molar-refractivity contribution in [1.29, 1.82) is 0 Å². The highest BCUT2D eigenvalue weighted by Crippen LogP contribution is 2.42. The second kappa shape index (κ2) is 7.32. The van der Waals surface area contributed by atoms with E-state index in [1.165, 1.54) is 7.11 Å². The van der Waals surface area contributed by atoms with Gasteiger partial charge in [0.15, 0.2) is 5.78 Å². The number of esters is 1. The Morgan fingerprint density at radius 1 is 1.27 bits per heavy atom. The molecule has 3 atom stereocenters. The maximum absolute atomic E-state index is 13.1. The Bertz CT molecular complexity index is 782. The molecule has 3 rings (SSSR count). The lowest BCUT2D eigenvalue weighted by Crippen LogP contribution is -2.44. The Kier molecular flexibility index (Phi) is 5.11. The molecule has 2 aliphatic rings. The molecule has 0 aromatic heterocycles. The minimum absolute atomic E-state index is 0.118. The van der Waals surface area contributed by atoms with Crippen LogP contribution < -0.4 is 10.1 Å². The number of hydrogen-bond acceptors (Lipinski definition) is 5. The van der Waals surface area contributed by atoms with Crippen molar-refractivity contribution >= 4 is 17.7 Å². The first kappa shape index (κ1) is 18.2. The first-order valence-electron chi connectivity index (χ1n) is 8.84. The largest absolute Gasteiger partial charge is 0.494 e. The second-order valence-electron chi connectivity index (χ2n) is 6.75. The molecule has 26 heavy (non-hydrogen) atoms. The molecule has 0 saturated carbocycles. The van der Waals surface area contributed by atoms with Crippen molar-refractivity contribution in [1.82, 2.24) is 5.32 Å². The van der Waals surface area contributed by atoms with Crippen LogP contribution in [0.25, 0.3) is 0 Å². The molecule has 1 amide bonds. The van der Waals surface area contributed by atoms with Gasteiger partial charge in [-0.3, -0.25) is 14.4 Å². The average Bonchev–Trinajstić information content (AvgIpc) is 2.61. The highest BCUT2D eigenvalue weighted by atomic mass is 16.5. The Balaban J connectivity index is 2.04. The summed E-state index contributed by atoms with van der Waals surface area (Å²) in [5.41, 5.74) is 1.99. The van der Waals surface area contributed by atoms with Crippen LogP contribution in [0.2, 0.25) is 0 Å². The van der Waals surface area contributed by atoms with Crippen LogP contribution >= 0.6 is 0 Å². The molecule has 1 heterocycles. The summed E-state index contributed by atoms with van der Waals surface area (Å²) in [5, 5.41) is 2.83. The molecule has 1 aromatic rings. The topological polar surface area (TPSA) is 81.7 Å². The van der Waals surface area contributed by atoms with Crippen molar-refractivity contribution in [2.45, 2.75) is 32.6 Å². The van der Waals surface area contributed by atoms with Crippen LogP contribution in [0.4, 0.5) is 0 Å². The molecule has 138 valence electrons. The Labute approximate surface area is 152 Å².